The van der Waals surface area contributed by atoms with Gasteiger partial charge < -0.3 is 15.1 Å². The van der Waals surface area contributed by atoms with Crippen molar-refractivity contribution in [1.29, 1.82) is 0 Å². The highest BCUT2D eigenvalue weighted by molar-refractivity contribution is 5.91. The van der Waals surface area contributed by atoms with Crippen LogP contribution >= 0.6 is 0 Å². The number of hydrogen-bond acceptors (Lipinski definition) is 2. The number of rotatable bonds is 3. The smallest absolute Gasteiger partial charge is 0.317 e. The van der Waals surface area contributed by atoms with E-state index in [1.54, 1.807) is 12.1 Å². The summed E-state index contributed by atoms with van der Waals surface area (Å²) in [6.07, 6.45) is 3.51. The van der Waals surface area contributed by atoms with Gasteiger partial charge in [-0.25, -0.2) is 9.18 Å². The molecule has 0 spiro atoms. The maximum absolute atomic E-state index is 13.2. The molecule has 24 heavy (non-hydrogen) atoms. The van der Waals surface area contributed by atoms with Gasteiger partial charge in [0.05, 0.1) is 11.5 Å². The van der Waals surface area contributed by atoms with Gasteiger partial charge in [0.15, 0.2) is 0 Å². The van der Waals surface area contributed by atoms with Crippen molar-refractivity contribution in [3.63, 3.8) is 0 Å². The highest BCUT2D eigenvalue weighted by Gasteiger charge is 2.53. The number of hydrogen-bond donors (Lipinski definition) is 1. The molecular formula is C18H22FN3O2. The first-order valence-corrected chi connectivity index (χ1v) is 8.70. The number of benzene rings is 1. The van der Waals surface area contributed by atoms with Gasteiger partial charge in [0.1, 0.15) is 5.82 Å². The molecule has 3 amide bonds. The predicted molar refractivity (Wildman–Crippen MR) is 87.0 cm³/mol. The van der Waals surface area contributed by atoms with Crippen LogP contribution in [0.2, 0.25) is 0 Å². The zero-order valence-corrected chi connectivity index (χ0v) is 13.6. The molecule has 3 aliphatic rings. The summed E-state index contributed by atoms with van der Waals surface area (Å²) in [5.41, 5.74) is 0.443. The maximum Gasteiger partial charge on any atom is 0.317 e. The quantitative estimate of drug-likeness (QED) is 0.919. The first-order chi connectivity index (χ1) is 11.6. The van der Waals surface area contributed by atoms with Crippen molar-refractivity contribution < 1.29 is 14.0 Å². The Morgan fingerprint density at radius 1 is 1.21 bits per heavy atom. The van der Waals surface area contributed by atoms with Gasteiger partial charge in [-0.15, -0.1) is 0 Å². The Bertz CT molecular complexity index is 657. The minimum absolute atomic E-state index is 0.0195. The minimum atomic E-state index is -0.469. The molecule has 6 heteroatoms. The van der Waals surface area contributed by atoms with Crippen molar-refractivity contribution in [2.45, 2.75) is 37.1 Å². The number of carbonyl (C=O) groups is 2. The highest BCUT2D eigenvalue weighted by Crippen LogP contribution is 2.50. The Balaban J connectivity index is 1.49. The van der Waals surface area contributed by atoms with Crippen molar-refractivity contribution in [3.05, 3.63) is 35.6 Å². The van der Waals surface area contributed by atoms with Gasteiger partial charge >= 0.3 is 6.03 Å². The van der Waals surface area contributed by atoms with Gasteiger partial charge in [-0.1, -0.05) is 12.1 Å². The number of likely N-dealkylation sites (tertiary alicyclic amines) is 1. The normalized spacial score (nSPS) is 25.5. The first kappa shape index (κ1) is 15.4. The summed E-state index contributed by atoms with van der Waals surface area (Å²) in [4.78, 5) is 28.8. The summed E-state index contributed by atoms with van der Waals surface area (Å²) in [7, 11) is 0. The molecule has 2 saturated heterocycles. The van der Waals surface area contributed by atoms with Gasteiger partial charge in [0, 0.05) is 26.2 Å². The van der Waals surface area contributed by atoms with E-state index in [1.165, 1.54) is 12.1 Å². The molecule has 3 fully saturated rings. The second-order valence-corrected chi connectivity index (χ2v) is 7.06. The van der Waals surface area contributed by atoms with E-state index in [9.17, 15) is 14.0 Å². The lowest BCUT2D eigenvalue weighted by Gasteiger charge is -2.38. The van der Waals surface area contributed by atoms with Gasteiger partial charge in [-0.2, -0.15) is 0 Å². The van der Waals surface area contributed by atoms with Crippen molar-refractivity contribution >= 4 is 11.9 Å². The molecule has 1 N–H and O–H groups in total. The van der Waals surface area contributed by atoms with Crippen LogP contribution in [0.3, 0.4) is 0 Å². The highest BCUT2D eigenvalue weighted by atomic mass is 19.1. The van der Waals surface area contributed by atoms with E-state index in [1.807, 2.05) is 9.80 Å². The fraction of sp³-hybridized carbons (Fsp3) is 0.556. The average molecular weight is 331 g/mol. The van der Waals surface area contributed by atoms with E-state index in [0.717, 1.165) is 37.8 Å². The van der Waals surface area contributed by atoms with Crippen LogP contribution in [0.1, 0.15) is 31.2 Å². The summed E-state index contributed by atoms with van der Waals surface area (Å²) in [5, 5.41) is 2.83. The Morgan fingerprint density at radius 3 is 2.58 bits per heavy atom. The Morgan fingerprint density at radius 2 is 1.96 bits per heavy atom. The van der Waals surface area contributed by atoms with Crippen molar-refractivity contribution in [3.8, 4) is 0 Å². The second kappa shape index (κ2) is 5.76. The lowest BCUT2D eigenvalue weighted by Crippen LogP contribution is -2.52. The summed E-state index contributed by atoms with van der Waals surface area (Å²) in [6.45, 7) is 2.75. The number of nitrogens with one attached hydrogen (secondary N) is 1. The van der Waals surface area contributed by atoms with Crippen molar-refractivity contribution in [2.75, 3.05) is 26.2 Å². The molecule has 1 saturated carbocycles. The van der Waals surface area contributed by atoms with E-state index in [0.29, 0.717) is 19.6 Å². The minimum Gasteiger partial charge on any atom is -0.340 e. The number of urea groups is 1. The lowest BCUT2D eigenvalue weighted by molar-refractivity contribution is -0.135. The third kappa shape index (κ3) is 2.54. The van der Waals surface area contributed by atoms with Crippen molar-refractivity contribution in [1.82, 2.24) is 15.1 Å². The van der Waals surface area contributed by atoms with E-state index in [4.69, 9.17) is 0 Å². The second-order valence-electron chi connectivity index (χ2n) is 7.06. The zero-order valence-electron chi connectivity index (χ0n) is 13.6. The molecule has 4 rings (SSSR count). The molecule has 0 unspecified atom stereocenters. The standard InChI is InChI=1S/C18H22FN3O2/c19-14-5-3-13(4-6-14)18(7-8-18)16(23)21-10-1-2-15(12-21)22-11-9-20-17(22)24/h3-6,15H,1-2,7-12H2,(H,20,24)/t15-/m0/s1. The molecule has 2 heterocycles. The first-order valence-electron chi connectivity index (χ1n) is 8.70. The molecule has 1 aromatic carbocycles. The number of carbonyl (C=O) groups excluding carboxylic acids is 2. The topological polar surface area (TPSA) is 52.7 Å². The van der Waals surface area contributed by atoms with Crippen molar-refractivity contribution in [2.24, 2.45) is 0 Å². The van der Waals surface area contributed by atoms with Crippen LogP contribution < -0.4 is 5.32 Å². The number of nitrogens with zero attached hydrogens (tertiary/aromatic N) is 2. The maximum atomic E-state index is 13.2. The molecular weight excluding hydrogens is 309 g/mol. The molecule has 1 aliphatic carbocycles. The predicted octanol–water partition coefficient (Wildman–Crippen LogP) is 1.87. The van der Waals surface area contributed by atoms with E-state index >= 15 is 0 Å². The molecule has 2 aliphatic heterocycles. The van der Waals surface area contributed by atoms with E-state index in [-0.39, 0.29) is 23.8 Å². The molecule has 0 aromatic heterocycles. The van der Waals surface area contributed by atoms with Gasteiger partial charge in [0.25, 0.3) is 0 Å². The van der Waals surface area contributed by atoms with E-state index < -0.39 is 5.41 Å². The number of amides is 3. The largest absolute Gasteiger partial charge is 0.340 e. The SMILES string of the molecule is O=C1NCCN1[C@H]1CCCN(C(=O)C2(c3ccc(F)cc3)CC2)C1. The third-order valence-corrected chi connectivity index (χ3v) is 5.57. The fourth-order valence-corrected chi connectivity index (χ4v) is 4.05. The van der Waals surface area contributed by atoms with Crippen LogP contribution in [0.5, 0.6) is 0 Å². The van der Waals surface area contributed by atoms with Crippen LogP contribution in [0.15, 0.2) is 24.3 Å². The summed E-state index contributed by atoms with van der Waals surface area (Å²) in [6, 6.07) is 6.40. The fourth-order valence-electron chi connectivity index (χ4n) is 4.05. The van der Waals surface area contributed by atoms with Crippen LogP contribution in [-0.2, 0) is 10.2 Å². The summed E-state index contributed by atoms with van der Waals surface area (Å²) in [5.74, 6) is -0.140. The molecule has 5 nitrogen and oxygen atoms in total. The molecule has 0 radical (unpaired) electrons. The van der Waals surface area contributed by atoms with Crippen LogP contribution in [0, 0.1) is 5.82 Å². The monoisotopic (exact) mass is 331 g/mol. The third-order valence-electron chi connectivity index (χ3n) is 5.57. The average Bonchev–Trinajstić information content (AvgIpc) is 3.30. The van der Waals surface area contributed by atoms with Crippen LogP contribution in [-0.4, -0.2) is 54.0 Å². The number of halogens is 1. The Hall–Kier alpha value is -2.11. The van der Waals surface area contributed by atoms with Gasteiger partial charge in [0.2, 0.25) is 5.91 Å². The number of piperidine rings is 1. The van der Waals surface area contributed by atoms with Gasteiger partial charge in [-0.3, -0.25) is 4.79 Å². The summed E-state index contributed by atoms with van der Waals surface area (Å²) >= 11 is 0. The molecule has 1 atom stereocenters. The molecule has 1 aromatic rings. The Labute approximate surface area is 140 Å². The molecule has 128 valence electrons. The zero-order chi connectivity index (χ0) is 16.7. The lowest BCUT2D eigenvalue weighted by atomic mass is 9.92. The van der Waals surface area contributed by atoms with E-state index in [2.05, 4.69) is 5.32 Å². The van der Waals surface area contributed by atoms with Gasteiger partial charge in [-0.05, 0) is 43.4 Å². The Kier molecular flexibility index (Phi) is 3.70. The van der Waals surface area contributed by atoms with Crippen LogP contribution in [0.25, 0.3) is 0 Å². The van der Waals surface area contributed by atoms with Crippen LogP contribution in [0.4, 0.5) is 9.18 Å². The molecule has 0 bridgehead atoms. The summed E-state index contributed by atoms with van der Waals surface area (Å²) < 4.78 is 13.2.